The summed E-state index contributed by atoms with van der Waals surface area (Å²) in [4.78, 5) is 23.4. The Morgan fingerprint density at radius 1 is 1.15 bits per heavy atom. The van der Waals surface area contributed by atoms with Gasteiger partial charge in [-0.3, -0.25) is 10.1 Å². The van der Waals surface area contributed by atoms with Crippen molar-refractivity contribution in [3.05, 3.63) is 98.0 Å². The predicted octanol–water partition coefficient (Wildman–Crippen LogP) is 7.09. The van der Waals surface area contributed by atoms with Gasteiger partial charge in [0.05, 0.1) is 26.8 Å². The number of benzene rings is 3. The zero-order valence-electron chi connectivity index (χ0n) is 17.7. The maximum atomic E-state index is 11.7. The molecule has 5 rings (SSSR count). The van der Waals surface area contributed by atoms with Crippen molar-refractivity contribution in [3.63, 3.8) is 0 Å². The smallest absolute Gasteiger partial charge is 0.335 e. The van der Waals surface area contributed by atoms with Crippen LogP contribution in [0.25, 0.3) is 0 Å². The van der Waals surface area contributed by atoms with Crippen LogP contribution in [0.4, 0.5) is 11.4 Å². The monoisotopic (exact) mass is 558 g/mol. The van der Waals surface area contributed by atoms with Gasteiger partial charge in [-0.1, -0.05) is 40.2 Å². The second-order valence-corrected chi connectivity index (χ2v) is 11.2. The number of nitro groups is 1. The minimum absolute atomic E-state index is 0.0247. The van der Waals surface area contributed by atoms with Crippen molar-refractivity contribution in [2.24, 2.45) is 5.92 Å². The van der Waals surface area contributed by atoms with E-state index in [9.17, 15) is 20.0 Å². The average Bonchev–Trinajstić information content (AvgIpc) is 3.14. The van der Waals surface area contributed by atoms with E-state index in [1.807, 2.05) is 18.2 Å². The van der Waals surface area contributed by atoms with Gasteiger partial charge in [0, 0.05) is 27.4 Å². The number of nitrogens with one attached hydrogen (secondary N) is 1. The Morgan fingerprint density at radius 3 is 2.68 bits per heavy atom. The van der Waals surface area contributed by atoms with E-state index in [1.165, 1.54) is 17.8 Å². The highest BCUT2D eigenvalue weighted by molar-refractivity contribution is 9.10. The van der Waals surface area contributed by atoms with Gasteiger partial charge in [0.2, 0.25) is 0 Å². The minimum atomic E-state index is -0.983. The Bertz CT molecular complexity index is 1290. The number of hydrogen-bond acceptors (Lipinski definition) is 5. The number of alkyl halides is 1. The largest absolute Gasteiger partial charge is 0.478 e. The summed E-state index contributed by atoms with van der Waals surface area (Å²) in [5.74, 6) is -0.988. The molecule has 0 amide bonds. The first kappa shape index (κ1) is 23.2. The van der Waals surface area contributed by atoms with E-state index < -0.39 is 5.97 Å². The quantitative estimate of drug-likeness (QED) is 0.197. The van der Waals surface area contributed by atoms with Gasteiger partial charge < -0.3 is 10.4 Å². The van der Waals surface area contributed by atoms with Crippen molar-refractivity contribution in [1.29, 1.82) is 0 Å². The SMILES string of the molecule is O=C(O)c1ccc2c(c1)[C@@H]1[C@H](Cl)[C@H](Sc3ccccc3[N+](=O)[O-])C[C@@H]1[C@H](c1cccc(Br)c1)N2. The number of anilines is 1. The molecule has 2 aliphatic rings. The van der Waals surface area contributed by atoms with Crippen LogP contribution in [0.5, 0.6) is 0 Å². The molecule has 34 heavy (non-hydrogen) atoms. The van der Waals surface area contributed by atoms with Crippen molar-refractivity contribution in [2.75, 3.05) is 5.32 Å². The number of rotatable bonds is 5. The van der Waals surface area contributed by atoms with Gasteiger partial charge in [0.15, 0.2) is 0 Å². The van der Waals surface area contributed by atoms with Crippen LogP contribution in [-0.2, 0) is 0 Å². The maximum absolute atomic E-state index is 11.7. The van der Waals surface area contributed by atoms with Crippen molar-refractivity contribution >= 4 is 56.6 Å². The molecule has 3 aromatic rings. The fourth-order valence-electron chi connectivity index (χ4n) is 5.15. The average molecular weight is 560 g/mol. The fourth-order valence-corrected chi connectivity index (χ4v) is 7.51. The summed E-state index contributed by atoms with van der Waals surface area (Å²) in [5, 5.41) is 24.3. The molecular formula is C25H20BrClN2O4S. The molecule has 0 unspecified atom stereocenters. The van der Waals surface area contributed by atoms with Gasteiger partial charge in [-0.15, -0.1) is 23.4 Å². The van der Waals surface area contributed by atoms with Crippen LogP contribution in [0.2, 0.25) is 0 Å². The normalized spacial score (nSPS) is 25.2. The van der Waals surface area contributed by atoms with Crippen LogP contribution in [0.3, 0.4) is 0 Å². The number of nitro benzene ring substituents is 1. The summed E-state index contributed by atoms with van der Waals surface area (Å²) >= 11 is 12.1. The third-order valence-electron chi connectivity index (χ3n) is 6.61. The molecule has 3 aromatic carbocycles. The second-order valence-electron chi connectivity index (χ2n) is 8.54. The summed E-state index contributed by atoms with van der Waals surface area (Å²) in [6.45, 7) is 0. The van der Waals surface area contributed by atoms with Crippen LogP contribution in [0.15, 0.2) is 76.1 Å². The molecular weight excluding hydrogens is 540 g/mol. The van der Waals surface area contributed by atoms with Crippen LogP contribution >= 0.6 is 39.3 Å². The summed E-state index contributed by atoms with van der Waals surface area (Å²) in [6, 6.07) is 19.9. The summed E-state index contributed by atoms with van der Waals surface area (Å²) in [5.41, 5.74) is 3.16. The molecule has 5 atom stereocenters. The fraction of sp³-hybridized carbons (Fsp3) is 0.240. The molecule has 0 saturated heterocycles. The first-order valence-corrected chi connectivity index (χ1v) is 12.9. The summed E-state index contributed by atoms with van der Waals surface area (Å²) < 4.78 is 0.974. The summed E-state index contributed by atoms with van der Waals surface area (Å²) in [7, 11) is 0. The number of nitrogens with zero attached hydrogens (tertiary/aromatic N) is 1. The third-order valence-corrected chi connectivity index (χ3v) is 9.21. The lowest BCUT2D eigenvalue weighted by Crippen LogP contribution is -2.31. The highest BCUT2D eigenvalue weighted by atomic mass is 79.9. The number of para-hydroxylation sites is 1. The Balaban J connectivity index is 1.56. The van der Waals surface area contributed by atoms with Gasteiger partial charge in [-0.2, -0.15) is 0 Å². The highest BCUT2D eigenvalue weighted by Gasteiger charge is 2.50. The molecule has 0 radical (unpaired) electrons. The number of thioether (sulfide) groups is 1. The van der Waals surface area contributed by atoms with Crippen molar-refractivity contribution in [2.45, 2.75) is 33.9 Å². The van der Waals surface area contributed by atoms with Crippen LogP contribution in [0, 0.1) is 16.0 Å². The topological polar surface area (TPSA) is 92.5 Å². The van der Waals surface area contributed by atoms with Gasteiger partial charge in [-0.05, 0) is 59.9 Å². The minimum Gasteiger partial charge on any atom is -0.478 e. The first-order valence-electron chi connectivity index (χ1n) is 10.8. The molecule has 174 valence electrons. The standard InChI is InChI=1S/C25H20BrClN2O4S/c26-15-5-3-4-13(10-15)24-17-12-21(34-20-7-2-1-6-19(20)29(32)33)23(27)22(17)16-11-14(25(30)31)8-9-18(16)28-24/h1-11,17,21-24,28H,12H2,(H,30,31)/t17-,21+,22-,23+,24-/m0/s1. The lowest BCUT2D eigenvalue weighted by atomic mass is 9.77. The van der Waals surface area contributed by atoms with Crippen LogP contribution < -0.4 is 5.32 Å². The molecule has 0 aromatic heterocycles. The van der Waals surface area contributed by atoms with Crippen molar-refractivity contribution in [1.82, 2.24) is 0 Å². The van der Waals surface area contributed by atoms with E-state index in [0.717, 1.165) is 27.7 Å². The van der Waals surface area contributed by atoms with E-state index >= 15 is 0 Å². The van der Waals surface area contributed by atoms with E-state index in [0.29, 0.717) is 4.90 Å². The Kier molecular flexibility index (Phi) is 6.31. The lowest BCUT2D eigenvalue weighted by Gasteiger charge is -2.38. The van der Waals surface area contributed by atoms with Crippen LogP contribution in [0.1, 0.15) is 39.9 Å². The zero-order valence-corrected chi connectivity index (χ0v) is 20.9. The molecule has 1 aliphatic heterocycles. The Hall–Kier alpha value is -2.55. The van der Waals surface area contributed by atoms with Crippen molar-refractivity contribution < 1.29 is 14.8 Å². The predicted molar refractivity (Wildman–Crippen MR) is 137 cm³/mol. The Morgan fingerprint density at radius 2 is 1.94 bits per heavy atom. The van der Waals surface area contributed by atoms with Crippen LogP contribution in [-0.4, -0.2) is 26.6 Å². The molecule has 1 heterocycles. The van der Waals surface area contributed by atoms with E-state index in [2.05, 4.69) is 33.4 Å². The lowest BCUT2D eigenvalue weighted by molar-refractivity contribution is -0.387. The van der Waals surface area contributed by atoms with Gasteiger partial charge in [0.25, 0.3) is 5.69 Å². The molecule has 1 fully saturated rings. The molecule has 0 spiro atoms. The number of aromatic carboxylic acids is 1. The maximum Gasteiger partial charge on any atom is 0.335 e. The van der Waals surface area contributed by atoms with Gasteiger partial charge in [0.1, 0.15) is 0 Å². The molecule has 6 nitrogen and oxygen atoms in total. The number of hydrogen-bond donors (Lipinski definition) is 2. The van der Waals surface area contributed by atoms with E-state index in [1.54, 1.807) is 30.3 Å². The number of halogens is 2. The van der Waals surface area contributed by atoms with Crippen molar-refractivity contribution in [3.8, 4) is 0 Å². The summed E-state index contributed by atoms with van der Waals surface area (Å²) in [6.07, 6.45) is 0.733. The van der Waals surface area contributed by atoms with Gasteiger partial charge in [-0.25, -0.2) is 4.79 Å². The van der Waals surface area contributed by atoms with E-state index in [4.69, 9.17) is 11.6 Å². The third kappa shape index (κ3) is 4.19. The molecule has 1 aliphatic carbocycles. The number of carboxylic acids is 1. The first-order chi connectivity index (χ1) is 16.3. The molecule has 9 heteroatoms. The van der Waals surface area contributed by atoms with Gasteiger partial charge >= 0.3 is 5.97 Å². The number of carbonyl (C=O) groups is 1. The van der Waals surface area contributed by atoms with E-state index in [-0.39, 0.29) is 44.7 Å². The highest BCUT2D eigenvalue weighted by Crippen LogP contribution is 2.58. The second kappa shape index (κ2) is 9.24. The number of fused-ring (bicyclic) bond motifs is 3. The number of carboxylic acid groups (broad SMARTS) is 1. The molecule has 1 saturated carbocycles. The molecule has 2 N–H and O–H groups in total. The molecule has 0 bridgehead atoms. The Labute approximate surface area is 214 Å². The zero-order chi connectivity index (χ0) is 24.0.